The summed E-state index contributed by atoms with van der Waals surface area (Å²) in [5.74, 6) is -2.55. The molecule has 1 heterocycles. The highest BCUT2D eigenvalue weighted by atomic mass is 35.5. The maximum atomic E-state index is 13.7. The molecule has 0 saturated heterocycles. The standard InChI is InChI=1S/C21H17ClF2N2O3S/c1-11-8-18(26-20(28)13-4-2-3-5-15(13)22)30-19(11)21(29)25-10-17(27)14-7-6-12(23)9-16(14)24/h2-9,17,27H,10H2,1H3,(H,25,29)(H,26,28). The van der Waals surface area contributed by atoms with Crippen LogP contribution >= 0.6 is 22.9 Å². The van der Waals surface area contributed by atoms with Gasteiger partial charge in [0.2, 0.25) is 0 Å². The normalized spacial score (nSPS) is 11.8. The van der Waals surface area contributed by atoms with Gasteiger partial charge in [0.1, 0.15) is 11.6 Å². The molecule has 30 heavy (non-hydrogen) atoms. The second-order valence-electron chi connectivity index (χ2n) is 6.45. The molecule has 5 nitrogen and oxygen atoms in total. The lowest BCUT2D eigenvalue weighted by atomic mass is 10.1. The first-order chi connectivity index (χ1) is 14.3. The van der Waals surface area contributed by atoms with Gasteiger partial charge in [-0.2, -0.15) is 0 Å². The number of hydrogen-bond donors (Lipinski definition) is 3. The third kappa shape index (κ3) is 5.02. The zero-order valence-electron chi connectivity index (χ0n) is 15.7. The summed E-state index contributed by atoms with van der Waals surface area (Å²) in [6.07, 6.45) is -1.34. The Labute approximate surface area is 180 Å². The van der Waals surface area contributed by atoms with Crippen LogP contribution in [-0.2, 0) is 0 Å². The number of aryl methyl sites for hydroxylation is 1. The number of hydrogen-bond acceptors (Lipinski definition) is 4. The Morgan fingerprint density at radius 2 is 1.87 bits per heavy atom. The molecule has 0 bridgehead atoms. The van der Waals surface area contributed by atoms with Gasteiger partial charge in [-0.1, -0.05) is 29.8 Å². The van der Waals surface area contributed by atoms with E-state index in [2.05, 4.69) is 10.6 Å². The highest BCUT2D eigenvalue weighted by Gasteiger charge is 2.19. The zero-order chi connectivity index (χ0) is 21.8. The van der Waals surface area contributed by atoms with E-state index in [0.717, 1.165) is 23.5 Å². The summed E-state index contributed by atoms with van der Waals surface area (Å²) in [4.78, 5) is 25.2. The van der Waals surface area contributed by atoms with Crippen LogP contribution < -0.4 is 10.6 Å². The van der Waals surface area contributed by atoms with Crippen molar-refractivity contribution in [1.29, 1.82) is 0 Å². The molecule has 2 aromatic carbocycles. The number of aliphatic hydroxyl groups excluding tert-OH is 1. The molecule has 2 amide bonds. The summed E-state index contributed by atoms with van der Waals surface area (Å²) in [6, 6.07) is 11.0. The lowest BCUT2D eigenvalue weighted by Gasteiger charge is -2.13. The van der Waals surface area contributed by atoms with Gasteiger partial charge in [0, 0.05) is 18.2 Å². The first-order valence-electron chi connectivity index (χ1n) is 8.83. The average molecular weight is 451 g/mol. The Morgan fingerprint density at radius 3 is 2.57 bits per heavy atom. The quantitative estimate of drug-likeness (QED) is 0.509. The van der Waals surface area contributed by atoms with Gasteiger partial charge in [0.15, 0.2) is 0 Å². The third-order valence-electron chi connectivity index (χ3n) is 4.26. The minimum absolute atomic E-state index is 0.118. The fourth-order valence-electron chi connectivity index (χ4n) is 2.75. The first kappa shape index (κ1) is 21.9. The molecule has 0 aliphatic carbocycles. The SMILES string of the molecule is Cc1cc(NC(=O)c2ccccc2Cl)sc1C(=O)NCC(O)c1ccc(F)cc1F. The number of anilines is 1. The van der Waals surface area contributed by atoms with Crippen molar-refractivity contribution in [1.82, 2.24) is 5.32 Å². The molecule has 156 valence electrons. The molecule has 1 atom stereocenters. The number of aliphatic hydroxyl groups is 1. The molecular weight excluding hydrogens is 434 g/mol. The lowest BCUT2D eigenvalue weighted by Crippen LogP contribution is -2.28. The first-order valence-corrected chi connectivity index (χ1v) is 10.0. The number of carbonyl (C=O) groups is 2. The van der Waals surface area contributed by atoms with Gasteiger partial charge in [-0.25, -0.2) is 8.78 Å². The largest absolute Gasteiger partial charge is 0.386 e. The van der Waals surface area contributed by atoms with Gasteiger partial charge in [0.25, 0.3) is 11.8 Å². The molecule has 9 heteroatoms. The second-order valence-corrected chi connectivity index (χ2v) is 7.91. The number of halogens is 3. The van der Waals surface area contributed by atoms with E-state index in [0.29, 0.717) is 32.1 Å². The Hall–Kier alpha value is -2.81. The molecule has 0 saturated carbocycles. The molecule has 3 aromatic rings. The number of rotatable bonds is 6. The summed E-state index contributed by atoms with van der Waals surface area (Å²) in [7, 11) is 0. The van der Waals surface area contributed by atoms with E-state index in [1.807, 2.05) is 0 Å². The number of carbonyl (C=O) groups excluding carboxylic acids is 2. The maximum Gasteiger partial charge on any atom is 0.261 e. The van der Waals surface area contributed by atoms with E-state index < -0.39 is 29.6 Å². The van der Waals surface area contributed by atoms with E-state index in [-0.39, 0.29) is 12.1 Å². The monoisotopic (exact) mass is 450 g/mol. The topological polar surface area (TPSA) is 78.4 Å². The fraction of sp³-hybridized carbons (Fsp3) is 0.143. The van der Waals surface area contributed by atoms with Crippen LogP contribution in [-0.4, -0.2) is 23.5 Å². The van der Waals surface area contributed by atoms with Crippen molar-refractivity contribution in [3.05, 3.63) is 86.8 Å². The van der Waals surface area contributed by atoms with E-state index in [9.17, 15) is 23.5 Å². The molecule has 0 fully saturated rings. The molecule has 0 aliphatic rings. The summed E-state index contributed by atoms with van der Waals surface area (Å²) >= 11 is 7.08. The average Bonchev–Trinajstić information content (AvgIpc) is 3.06. The van der Waals surface area contributed by atoms with Crippen LogP contribution in [0.4, 0.5) is 13.8 Å². The van der Waals surface area contributed by atoms with Crippen molar-refractivity contribution in [3.8, 4) is 0 Å². The Kier molecular flexibility index (Phi) is 6.81. The Balaban J connectivity index is 1.65. The molecule has 0 radical (unpaired) electrons. The van der Waals surface area contributed by atoms with Gasteiger partial charge in [-0.15, -0.1) is 11.3 Å². The van der Waals surface area contributed by atoms with Gasteiger partial charge in [0.05, 0.1) is 26.6 Å². The Bertz CT molecular complexity index is 1100. The second kappa shape index (κ2) is 9.34. The number of nitrogens with one attached hydrogen (secondary N) is 2. The molecule has 3 N–H and O–H groups in total. The molecular formula is C21H17ClF2N2O3S. The summed E-state index contributed by atoms with van der Waals surface area (Å²) < 4.78 is 26.7. The number of amides is 2. The van der Waals surface area contributed by atoms with Crippen LogP contribution in [0.3, 0.4) is 0 Å². The van der Waals surface area contributed by atoms with Crippen LogP contribution in [0, 0.1) is 18.6 Å². The van der Waals surface area contributed by atoms with Crippen LogP contribution in [0.1, 0.15) is 37.3 Å². The van der Waals surface area contributed by atoms with Crippen LogP contribution in [0.5, 0.6) is 0 Å². The fourth-order valence-corrected chi connectivity index (χ4v) is 3.95. The van der Waals surface area contributed by atoms with Crippen molar-refractivity contribution in [2.45, 2.75) is 13.0 Å². The molecule has 1 aromatic heterocycles. The minimum Gasteiger partial charge on any atom is -0.386 e. The highest BCUT2D eigenvalue weighted by molar-refractivity contribution is 7.18. The van der Waals surface area contributed by atoms with Crippen molar-refractivity contribution >= 4 is 39.8 Å². The minimum atomic E-state index is -1.34. The van der Waals surface area contributed by atoms with E-state index >= 15 is 0 Å². The van der Waals surface area contributed by atoms with E-state index in [4.69, 9.17) is 11.6 Å². The smallest absolute Gasteiger partial charge is 0.261 e. The van der Waals surface area contributed by atoms with Crippen LogP contribution in [0.25, 0.3) is 0 Å². The van der Waals surface area contributed by atoms with E-state index in [1.165, 1.54) is 0 Å². The molecule has 1 unspecified atom stereocenters. The molecule has 3 rings (SSSR count). The predicted octanol–water partition coefficient (Wildman–Crippen LogP) is 4.70. The number of thiophene rings is 1. The van der Waals surface area contributed by atoms with Crippen molar-refractivity contribution in [2.75, 3.05) is 11.9 Å². The van der Waals surface area contributed by atoms with Crippen molar-refractivity contribution in [2.24, 2.45) is 0 Å². The van der Waals surface area contributed by atoms with E-state index in [1.54, 1.807) is 37.3 Å². The van der Waals surface area contributed by atoms with Gasteiger partial charge in [-0.05, 0) is 36.8 Å². The van der Waals surface area contributed by atoms with Crippen molar-refractivity contribution in [3.63, 3.8) is 0 Å². The van der Waals surface area contributed by atoms with Crippen LogP contribution in [0.15, 0.2) is 48.5 Å². The molecule has 0 aliphatic heterocycles. The summed E-state index contributed by atoms with van der Waals surface area (Å²) in [5, 5.41) is 16.1. The summed E-state index contributed by atoms with van der Waals surface area (Å²) in [6.45, 7) is 1.44. The maximum absolute atomic E-state index is 13.7. The molecule has 0 spiro atoms. The number of benzene rings is 2. The van der Waals surface area contributed by atoms with Gasteiger partial charge >= 0.3 is 0 Å². The highest BCUT2D eigenvalue weighted by Crippen LogP contribution is 2.28. The van der Waals surface area contributed by atoms with Crippen LogP contribution in [0.2, 0.25) is 5.02 Å². The van der Waals surface area contributed by atoms with Crippen molar-refractivity contribution < 1.29 is 23.5 Å². The Morgan fingerprint density at radius 1 is 1.13 bits per heavy atom. The third-order valence-corrected chi connectivity index (χ3v) is 5.74. The van der Waals surface area contributed by atoms with Gasteiger partial charge in [-0.3, -0.25) is 9.59 Å². The summed E-state index contributed by atoms with van der Waals surface area (Å²) in [5.41, 5.74) is 0.808. The van der Waals surface area contributed by atoms with Gasteiger partial charge < -0.3 is 15.7 Å². The predicted molar refractivity (Wildman–Crippen MR) is 112 cm³/mol. The zero-order valence-corrected chi connectivity index (χ0v) is 17.3. The lowest BCUT2D eigenvalue weighted by molar-refractivity contribution is 0.0917.